The fraction of sp³-hybridized carbons (Fsp3) is 0.0909. The first-order valence-electron chi connectivity index (χ1n) is 8.81. The Morgan fingerprint density at radius 1 is 1.00 bits per heavy atom. The molecule has 0 unspecified atom stereocenters. The van der Waals surface area contributed by atoms with Gasteiger partial charge in [0.2, 0.25) is 0 Å². The highest BCUT2D eigenvalue weighted by molar-refractivity contribution is 14.1. The van der Waals surface area contributed by atoms with Crippen LogP contribution < -0.4 is 4.18 Å². The Hall–Kier alpha value is -1.74. The molecule has 3 rings (SSSR count). The van der Waals surface area contributed by atoms with Crippen LogP contribution in [0.15, 0.2) is 71.6 Å². The summed E-state index contributed by atoms with van der Waals surface area (Å²) >= 11 is 14.8. The average molecular weight is 574 g/mol. The Kier molecular flexibility index (Phi) is 7.34. The fourth-order valence-corrected chi connectivity index (χ4v) is 5.03. The predicted molar refractivity (Wildman–Crippen MR) is 131 cm³/mol. The normalized spacial score (nSPS) is 12.0. The van der Waals surface area contributed by atoms with Crippen molar-refractivity contribution >= 4 is 67.7 Å². The van der Waals surface area contributed by atoms with Gasteiger partial charge in [0.15, 0.2) is 5.75 Å². The molecule has 0 aliphatic heterocycles. The lowest BCUT2D eigenvalue weighted by Crippen LogP contribution is -2.12. The molecule has 3 aromatic carbocycles. The molecule has 0 aliphatic rings. The van der Waals surface area contributed by atoms with Crippen LogP contribution in [0.3, 0.4) is 0 Å². The molecule has 0 bridgehead atoms. The summed E-state index contributed by atoms with van der Waals surface area (Å²) in [5.74, 6) is 0.0233. The highest BCUT2D eigenvalue weighted by atomic mass is 127. The van der Waals surface area contributed by atoms with Crippen LogP contribution in [-0.4, -0.2) is 27.4 Å². The molecule has 0 saturated heterocycles. The van der Waals surface area contributed by atoms with Gasteiger partial charge in [-0.15, -0.1) is 0 Å². The molecule has 0 amide bonds. The van der Waals surface area contributed by atoms with Gasteiger partial charge in [-0.05, 0) is 59.0 Å². The molecule has 8 heteroatoms. The van der Waals surface area contributed by atoms with Crippen molar-refractivity contribution in [1.82, 2.24) is 4.90 Å². The number of benzene rings is 3. The van der Waals surface area contributed by atoms with Crippen molar-refractivity contribution in [1.29, 1.82) is 0 Å². The quantitative estimate of drug-likeness (QED) is 0.194. The van der Waals surface area contributed by atoms with E-state index in [1.54, 1.807) is 24.3 Å². The van der Waals surface area contributed by atoms with Gasteiger partial charge in [0.1, 0.15) is 4.90 Å². The number of hydrogen-bond donors (Lipinski definition) is 0. The first-order chi connectivity index (χ1) is 14.2. The third-order valence-corrected chi connectivity index (χ3v) is 6.86. The van der Waals surface area contributed by atoms with Crippen LogP contribution in [-0.2, 0) is 10.1 Å². The largest absolute Gasteiger partial charge is 0.377 e. The van der Waals surface area contributed by atoms with E-state index >= 15 is 0 Å². The molecule has 0 heterocycles. The summed E-state index contributed by atoms with van der Waals surface area (Å²) in [5.41, 5.74) is 2.28. The van der Waals surface area contributed by atoms with Gasteiger partial charge in [0.05, 0.1) is 5.02 Å². The monoisotopic (exact) mass is 573 g/mol. The topological polar surface area (TPSA) is 46.6 Å². The van der Waals surface area contributed by atoms with Crippen LogP contribution in [0.2, 0.25) is 10.0 Å². The third-order valence-electron chi connectivity index (χ3n) is 4.19. The van der Waals surface area contributed by atoms with Crippen LogP contribution in [0, 0.1) is 3.57 Å². The maximum atomic E-state index is 12.8. The van der Waals surface area contributed by atoms with Gasteiger partial charge >= 0.3 is 10.1 Å². The van der Waals surface area contributed by atoms with Crippen molar-refractivity contribution in [2.75, 3.05) is 14.1 Å². The molecule has 0 radical (unpaired) electrons. The molecule has 30 heavy (non-hydrogen) atoms. The highest BCUT2D eigenvalue weighted by Crippen LogP contribution is 2.37. The summed E-state index contributed by atoms with van der Waals surface area (Å²) in [5, 5.41) is 0.477. The van der Waals surface area contributed by atoms with Crippen molar-refractivity contribution < 1.29 is 12.6 Å². The first kappa shape index (κ1) is 22.9. The zero-order chi connectivity index (χ0) is 21.9. The number of hydrogen-bond acceptors (Lipinski definition) is 4. The predicted octanol–water partition coefficient (Wildman–Crippen LogP) is 6.43. The highest BCUT2D eigenvalue weighted by Gasteiger charge is 2.21. The molecule has 0 spiro atoms. The molecular formula is C22H18Cl2INO3S. The van der Waals surface area contributed by atoms with E-state index in [9.17, 15) is 8.42 Å². The third kappa shape index (κ3) is 5.29. The van der Waals surface area contributed by atoms with Crippen molar-refractivity contribution in [2.24, 2.45) is 0 Å². The standard InChI is InChI=1S/C22H18Cl2INO3S/c1-26(2)21(18-10-6-7-11-20(18)25)13-15-12-16(23)14-19(24)22(15)29-30(27,28)17-8-4-3-5-9-17/h3-14H,1-2H3/b21-13-. The summed E-state index contributed by atoms with van der Waals surface area (Å²) in [6.45, 7) is 0. The van der Waals surface area contributed by atoms with Crippen LogP contribution in [0.1, 0.15) is 11.1 Å². The van der Waals surface area contributed by atoms with E-state index in [4.69, 9.17) is 27.4 Å². The minimum atomic E-state index is -4.07. The van der Waals surface area contributed by atoms with Crippen molar-refractivity contribution in [3.8, 4) is 5.75 Å². The second-order valence-electron chi connectivity index (χ2n) is 6.56. The van der Waals surface area contributed by atoms with Gasteiger partial charge in [-0.2, -0.15) is 8.42 Å². The van der Waals surface area contributed by atoms with E-state index in [1.165, 1.54) is 18.2 Å². The Balaban J connectivity index is 2.16. The van der Waals surface area contributed by atoms with E-state index in [2.05, 4.69) is 22.6 Å². The molecule has 0 saturated carbocycles. The van der Waals surface area contributed by atoms with Gasteiger partial charge in [-0.1, -0.05) is 59.6 Å². The van der Waals surface area contributed by atoms with E-state index in [1.807, 2.05) is 49.3 Å². The lowest BCUT2D eigenvalue weighted by atomic mass is 10.1. The number of rotatable bonds is 6. The Labute approximate surface area is 200 Å². The second-order valence-corrected chi connectivity index (χ2v) is 10.1. The van der Waals surface area contributed by atoms with Crippen molar-refractivity contribution in [3.63, 3.8) is 0 Å². The van der Waals surface area contributed by atoms with Gasteiger partial charge in [-0.25, -0.2) is 0 Å². The molecule has 0 fully saturated rings. The van der Waals surface area contributed by atoms with Gasteiger partial charge < -0.3 is 9.08 Å². The van der Waals surface area contributed by atoms with Crippen LogP contribution >= 0.6 is 45.8 Å². The zero-order valence-corrected chi connectivity index (χ0v) is 20.6. The summed E-state index contributed by atoms with van der Waals surface area (Å²) in [7, 11) is -0.262. The van der Waals surface area contributed by atoms with E-state index in [0.29, 0.717) is 10.6 Å². The van der Waals surface area contributed by atoms with Crippen LogP contribution in [0.5, 0.6) is 5.75 Å². The van der Waals surface area contributed by atoms with Crippen molar-refractivity contribution in [3.05, 3.63) is 91.5 Å². The van der Waals surface area contributed by atoms with Gasteiger partial charge in [0, 0.05) is 39.5 Å². The molecule has 0 atom stereocenters. The number of halogens is 3. The lowest BCUT2D eigenvalue weighted by molar-refractivity contribution is 0.485. The maximum Gasteiger partial charge on any atom is 0.339 e. The minimum Gasteiger partial charge on any atom is -0.377 e. The summed E-state index contributed by atoms with van der Waals surface area (Å²) in [4.78, 5) is 1.97. The van der Waals surface area contributed by atoms with Gasteiger partial charge in [-0.3, -0.25) is 0 Å². The average Bonchev–Trinajstić information content (AvgIpc) is 2.69. The molecule has 4 nitrogen and oxygen atoms in total. The molecule has 3 aromatic rings. The van der Waals surface area contributed by atoms with E-state index in [0.717, 1.165) is 14.8 Å². The molecule has 0 aliphatic carbocycles. The SMILES string of the molecule is CN(C)/C(=C\c1cc(Cl)cc(Cl)c1OS(=O)(=O)c1ccccc1)c1ccccc1I. The molecule has 0 N–H and O–H groups in total. The minimum absolute atomic E-state index is 0.0233. The maximum absolute atomic E-state index is 12.8. The number of nitrogens with zero attached hydrogens (tertiary/aromatic N) is 1. The molecule has 0 aromatic heterocycles. The zero-order valence-electron chi connectivity index (χ0n) is 16.1. The fourth-order valence-electron chi connectivity index (χ4n) is 2.78. The Bertz CT molecular complexity index is 1200. The smallest absolute Gasteiger partial charge is 0.339 e. The summed E-state index contributed by atoms with van der Waals surface area (Å²) < 4.78 is 32.1. The van der Waals surface area contributed by atoms with Gasteiger partial charge in [0.25, 0.3) is 0 Å². The lowest BCUT2D eigenvalue weighted by Gasteiger charge is -2.20. The van der Waals surface area contributed by atoms with Crippen molar-refractivity contribution in [2.45, 2.75) is 4.90 Å². The second kappa shape index (κ2) is 9.60. The van der Waals surface area contributed by atoms with E-state index in [-0.39, 0.29) is 15.7 Å². The van der Waals surface area contributed by atoms with Crippen LogP contribution in [0.4, 0.5) is 0 Å². The van der Waals surface area contributed by atoms with E-state index < -0.39 is 10.1 Å². The Morgan fingerprint density at radius 3 is 2.27 bits per heavy atom. The summed E-state index contributed by atoms with van der Waals surface area (Å²) in [6.07, 6.45) is 1.81. The Morgan fingerprint density at radius 2 is 1.63 bits per heavy atom. The molecular weight excluding hydrogens is 556 g/mol. The van der Waals surface area contributed by atoms with Crippen LogP contribution in [0.25, 0.3) is 11.8 Å². The molecule has 156 valence electrons. The first-order valence-corrected chi connectivity index (χ1v) is 12.1. The summed E-state index contributed by atoms with van der Waals surface area (Å²) in [6, 6.07) is 18.9.